The molecule has 19 heavy (non-hydrogen) atoms. The smallest absolute Gasteiger partial charge is 0.328 e. The van der Waals surface area contributed by atoms with E-state index in [0.717, 1.165) is 4.90 Å². The molecule has 1 aliphatic heterocycles. The highest BCUT2D eigenvalue weighted by Crippen LogP contribution is 2.25. The van der Waals surface area contributed by atoms with Crippen LogP contribution < -0.4 is 0 Å². The number of imide groups is 1. The molecule has 1 heterocycles. The van der Waals surface area contributed by atoms with E-state index in [9.17, 15) is 14.4 Å². The van der Waals surface area contributed by atoms with E-state index in [2.05, 4.69) is 6.58 Å². The predicted octanol–water partition coefficient (Wildman–Crippen LogP) is 1.32. The molecule has 1 N–H and O–H groups in total. The molecule has 0 bridgehead atoms. The Morgan fingerprint density at radius 1 is 1.42 bits per heavy atom. The number of carboxylic acids is 1. The molecule has 1 rings (SSSR count). The molecule has 106 valence electrons. The Bertz CT molecular complexity index is 405. The van der Waals surface area contributed by atoms with Gasteiger partial charge >= 0.3 is 12.0 Å². The van der Waals surface area contributed by atoms with Crippen LogP contribution in [-0.2, 0) is 9.59 Å². The van der Waals surface area contributed by atoms with Gasteiger partial charge in [-0.25, -0.2) is 14.5 Å². The molecule has 6 nitrogen and oxygen atoms in total. The third kappa shape index (κ3) is 2.94. The maximum atomic E-state index is 12.2. The number of hydrogen-bond acceptors (Lipinski definition) is 3. The van der Waals surface area contributed by atoms with Gasteiger partial charge in [-0.05, 0) is 19.3 Å². The van der Waals surface area contributed by atoms with Crippen LogP contribution in [0.15, 0.2) is 12.7 Å². The Labute approximate surface area is 112 Å². The zero-order chi connectivity index (χ0) is 14.7. The summed E-state index contributed by atoms with van der Waals surface area (Å²) in [7, 11) is 0. The van der Waals surface area contributed by atoms with Gasteiger partial charge in [0.1, 0.15) is 12.1 Å². The molecule has 3 amide bonds. The number of carbonyl (C=O) groups is 3. The van der Waals surface area contributed by atoms with Crippen LogP contribution >= 0.6 is 0 Å². The molecule has 1 aliphatic rings. The van der Waals surface area contributed by atoms with Gasteiger partial charge in [0.05, 0.1) is 0 Å². The lowest BCUT2D eigenvalue weighted by Crippen LogP contribution is -2.44. The predicted molar refractivity (Wildman–Crippen MR) is 69.5 cm³/mol. The van der Waals surface area contributed by atoms with Crippen LogP contribution in [0.2, 0.25) is 0 Å². The van der Waals surface area contributed by atoms with Gasteiger partial charge in [0.25, 0.3) is 5.91 Å². The van der Waals surface area contributed by atoms with E-state index in [1.807, 2.05) is 13.8 Å². The first kappa shape index (κ1) is 15.2. The number of aliphatic carboxylic acids is 1. The molecule has 0 aromatic heterocycles. The monoisotopic (exact) mass is 268 g/mol. The summed E-state index contributed by atoms with van der Waals surface area (Å²) >= 11 is 0. The summed E-state index contributed by atoms with van der Waals surface area (Å²) in [5.41, 5.74) is 0. The second-order valence-corrected chi connectivity index (χ2v) is 5.09. The molecule has 0 spiro atoms. The van der Waals surface area contributed by atoms with Crippen LogP contribution in [0.4, 0.5) is 4.79 Å². The van der Waals surface area contributed by atoms with E-state index >= 15 is 0 Å². The number of hydrogen-bond donors (Lipinski definition) is 1. The molecule has 0 radical (unpaired) electrons. The summed E-state index contributed by atoms with van der Waals surface area (Å²) in [6.45, 7) is 9.04. The van der Waals surface area contributed by atoms with Gasteiger partial charge in [0.15, 0.2) is 0 Å². The third-order valence-electron chi connectivity index (χ3n) is 3.12. The molecule has 1 saturated heterocycles. The summed E-state index contributed by atoms with van der Waals surface area (Å²) in [4.78, 5) is 37.6. The zero-order valence-corrected chi connectivity index (χ0v) is 11.5. The van der Waals surface area contributed by atoms with Crippen molar-refractivity contribution >= 4 is 17.9 Å². The highest BCUT2D eigenvalue weighted by molar-refractivity contribution is 6.06. The van der Waals surface area contributed by atoms with Crippen molar-refractivity contribution in [3.63, 3.8) is 0 Å². The molecule has 0 aliphatic carbocycles. The summed E-state index contributed by atoms with van der Waals surface area (Å²) in [5, 5.41) is 8.98. The summed E-state index contributed by atoms with van der Waals surface area (Å²) in [6.07, 6.45) is 2.05. The summed E-state index contributed by atoms with van der Waals surface area (Å²) in [5.74, 6) is -1.39. The summed E-state index contributed by atoms with van der Waals surface area (Å²) in [6, 6.07) is -2.29. The Morgan fingerprint density at radius 2 is 2.00 bits per heavy atom. The first-order chi connectivity index (χ1) is 8.81. The van der Waals surface area contributed by atoms with Crippen LogP contribution in [0.3, 0.4) is 0 Å². The maximum Gasteiger partial charge on any atom is 0.328 e. The maximum absolute atomic E-state index is 12.2. The standard InChI is InChI=1S/C13H20N2O4/c1-5-6-14-10(7-8(2)3)11(16)15(13(14)19)9(4)12(17)18/h5,8-10H,1,6-7H2,2-4H3,(H,17,18). The van der Waals surface area contributed by atoms with Gasteiger partial charge in [-0.3, -0.25) is 4.79 Å². The van der Waals surface area contributed by atoms with Crippen molar-refractivity contribution in [3.8, 4) is 0 Å². The average Bonchev–Trinajstić information content (AvgIpc) is 2.52. The number of carbonyl (C=O) groups excluding carboxylic acids is 2. The lowest BCUT2D eigenvalue weighted by Gasteiger charge is -2.21. The second-order valence-electron chi connectivity index (χ2n) is 5.09. The number of rotatable bonds is 6. The Hall–Kier alpha value is -1.85. The minimum Gasteiger partial charge on any atom is -0.480 e. The van der Waals surface area contributed by atoms with Crippen molar-refractivity contribution in [2.24, 2.45) is 5.92 Å². The first-order valence-corrected chi connectivity index (χ1v) is 6.28. The number of nitrogens with zero attached hydrogens (tertiary/aromatic N) is 2. The lowest BCUT2D eigenvalue weighted by atomic mass is 10.0. The van der Waals surface area contributed by atoms with E-state index in [1.165, 1.54) is 17.9 Å². The number of urea groups is 1. The van der Waals surface area contributed by atoms with E-state index in [4.69, 9.17) is 5.11 Å². The Balaban J connectivity index is 3.04. The molecule has 0 aromatic rings. The Morgan fingerprint density at radius 3 is 2.42 bits per heavy atom. The van der Waals surface area contributed by atoms with E-state index in [-0.39, 0.29) is 12.5 Å². The highest BCUT2D eigenvalue weighted by Gasteiger charge is 2.48. The van der Waals surface area contributed by atoms with Crippen LogP contribution in [0, 0.1) is 5.92 Å². The fraction of sp³-hybridized carbons (Fsp3) is 0.615. The van der Waals surface area contributed by atoms with Crippen molar-refractivity contribution < 1.29 is 19.5 Å². The third-order valence-corrected chi connectivity index (χ3v) is 3.12. The lowest BCUT2D eigenvalue weighted by molar-refractivity contribution is -0.146. The largest absolute Gasteiger partial charge is 0.480 e. The summed E-state index contributed by atoms with van der Waals surface area (Å²) < 4.78 is 0. The molecular weight excluding hydrogens is 248 g/mol. The van der Waals surface area contributed by atoms with Crippen LogP contribution in [0.5, 0.6) is 0 Å². The van der Waals surface area contributed by atoms with E-state index < -0.39 is 30.0 Å². The van der Waals surface area contributed by atoms with E-state index in [0.29, 0.717) is 6.42 Å². The molecule has 2 atom stereocenters. The first-order valence-electron chi connectivity index (χ1n) is 6.28. The van der Waals surface area contributed by atoms with Crippen molar-refractivity contribution in [1.29, 1.82) is 0 Å². The normalized spacial score (nSPS) is 21.2. The molecular formula is C13H20N2O4. The van der Waals surface area contributed by atoms with Gasteiger partial charge in [0.2, 0.25) is 0 Å². The van der Waals surface area contributed by atoms with Gasteiger partial charge in [-0.1, -0.05) is 19.9 Å². The average molecular weight is 268 g/mol. The molecule has 0 aromatic carbocycles. The zero-order valence-electron chi connectivity index (χ0n) is 11.5. The molecule has 6 heteroatoms. The number of amides is 3. The topological polar surface area (TPSA) is 77.9 Å². The molecule has 1 fully saturated rings. The van der Waals surface area contributed by atoms with Crippen LogP contribution in [0.1, 0.15) is 27.2 Å². The van der Waals surface area contributed by atoms with Crippen LogP contribution in [-0.4, -0.2) is 51.4 Å². The Kier molecular flexibility index (Phi) is 4.69. The van der Waals surface area contributed by atoms with Crippen molar-refractivity contribution in [3.05, 3.63) is 12.7 Å². The molecule has 2 unspecified atom stereocenters. The van der Waals surface area contributed by atoms with Gasteiger partial charge in [-0.2, -0.15) is 0 Å². The number of carboxylic acid groups (broad SMARTS) is 1. The van der Waals surface area contributed by atoms with Crippen molar-refractivity contribution in [2.45, 2.75) is 39.3 Å². The van der Waals surface area contributed by atoms with Crippen molar-refractivity contribution in [1.82, 2.24) is 9.80 Å². The van der Waals surface area contributed by atoms with Crippen LogP contribution in [0.25, 0.3) is 0 Å². The fourth-order valence-corrected chi connectivity index (χ4v) is 2.15. The van der Waals surface area contributed by atoms with Gasteiger partial charge in [-0.15, -0.1) is 6.58 Å². The minimum absolute atomic E-state index is 0.231. The quantitative estimate of drug-likeness (QED) is 0.582. The minimum atomic E-state index is -1.19. The van der Waals surface area contributed by atoms with Gasteiger partial charge < -0.3 is 10.0 Å². The molecule has 0 saturated carbocycles. The van der Waals surface area contributed by atoms with E-state index in [1.54, 1.807) is 0 Å². The highest BCUT2D eigenvalue weighted by atomic mass is 16.4. The van der Waals surface area contributed by atoms with Crippen molar-refractivity contribution in [2.75, 3.05) is 6.54 Å². The second kappa shape index (κ2) is 5.86. The SMILES string of the molecule is C=CCN1C(=O)N(C(C)C(=O)O)C(=O)C1CC(C)C. The fourth-order valence-electron chi connectivity index (χ4n) is 2.15. The van der Waals surface area contributed by atoms with Gasteiger partial charge in [0, 0.05) is 6.54 Å².